The second kappa shape index (κ2) is 8.62. The lowest BCUT2D eigenvalue weighted by molar-refractivity contribution is -0.0511. The first kappa shape index (κ1) is 21.6. The highest BCUT2D eigenvalue weighted by Crippen LogP contribution is 2.33. The highest BCUT2D eigenvalue weighted by molar-refractivity contribution is 5.85. The number of nitrogens with zero attached hydrogens (tertiary/aromatic N) is 7. The van der Waals surface area contributed by atoms with Crippen LogP contribution in [0.2, 0.25) is 0 Å². The smallest absolute Gasteiger partial charge is 0.358 e. The van der Waals surface area contributed by atoms with Gasteiger partial charge >= 0.3 is 5.97 Å². The number of anilines is 1. The monoisotopic (exact) mass is 460 g/mol. The van der Waals surface area contributed by atoms with Crippen molar-refractivity contribution in [2.24, 2.45) is 0 Å². The fraction of sp³-hybridized carbons (Fsp3) is 0.579. The van der Waals surface area contributed by atoms with E-state index in [2.05, 4.69) is 30.6 Å². The van der Waals surface area contributed by atoms with E-state index in [0.717, 1.165) is 30.4 Å². The van der Waals surface area contributed by atoms with Crippen LogP contribution in [0.3, 0.4) is 0 Å². The zero-order valence-electron chi connectivity index (χ0n) is 17.5. The van der Waals surface area contributed by atoms with Crippen LogP contribution >= 0.6 is 0 Å². The second-order valence-corrected chi connectivity index (χ2v) is 8.26. The molecule has 33 heavy (non-hydrogen) atoms. The Morgan fingerprint density at radius 3 is 2.64 bits per heavy atom. The molecule has 1 aliphatic heterocycles. The molecule has 4 atom stereocenters. The lowest BCUT2D eigenvalue weighted by Gasteiger charge is -2.23. The van der Waals surface area contributed by atoms with Crippen molar-refractivity contribution in [2.75, 3.05) is 11.9 Å². The number of imidazole rings is 1. The summed E-state index contributed by atoms with van der Waals surface area (Å²) in [5.41, 5.74) is 0.429. The van der Waals surface area contributed by atoms with Crippen molar-refractivity contribution >= 4 is 23.0 Å². The van der Waals surface area contributed by atoms with Crippen molar-refractivity contribution < 1.29 is 30.0 Å². The number of aliphatic hydroxyl groups excluding tert-OH is 3. The Labute approximate surface area is 186 Å². The summed E-state index contributed by atoms with van der Waals surface area (Å²) < 4.78 is 8.23. The number of hydrogen-bond acceptors (Lipinski definition) is 11. The number of hydrogen-bond donors (Lipinski definition) is 5. The highest BCUT2D eigenvalue weighted by atomic mass is 16.6. The largest absolute Gasteiger partial charge is 0.476 e. The Bertz CT molecular complexity index is 1160. The van der Waals surface area contributed by atoms with Crippen molar-refractivity contribution in [1.82, 2.24) is 34.5 Å². The molecule has 0 bridgehead atoms. The molecule has 0 amide bonds. The van der Waals surface area contributed by atoms with Gasteiger partial charge in [-0.2, -0.15) is 14.6 Å². The molecular weight excluding hydrogens is 436 g/mol. The highest BCUT2D eigenvalue weighted by Gasteiger charge is 2.44. The molecule has 0 spiro atoms. The van der Waals surface area contributed by atoms with E-state index in [0.29, 0.717) is 11.3 Å². The van der Waals surface area contributed by atoms with E-state index in [4.69, 9.17) is 4.74 Å². The molecule has 1 aliphatic carbocycles. The number of aromatic nitrogens is 7. The molecule has 0 aromatic carbocycles. The van der Waals surface area contributed by atoms with Crippen LogP contribution in [0, 0.1) is 0 Å². The lowest BCUT2D eigenvalue weighted by atomic mass is 9.95. The van der Waals surface area contributed by atoms with Crippen molar-refractivity contribution in [3.63, 3.8) is 0 Å². The normalized spacial score (nSPS) is 26.2. The number of carboxylic acid groups (broad SMARTS) is 1. The molecule has 2 aliphatic rings. The summed E-state index contributed by atoms with van der Waals surface area (Å²) in [6.45, 7) is -0.465. The first-order chi connectivity index (χ1) is 16.0. The van der Waals surface area contributed by atoms with Gasteiger partial charge in [0.15, 0.2) is 28.9 Å². The van der Waals surface area contributed by atoms with Crippen LogP contribution in [0.5, 0.6) is 0 Å². The Morgan fingerprint density at radius 2 is 1.97 bits per heavy atom. The van der Waals surface area contributed by atoms with Gasteiger partial charge in [0.25, 0.3) is 5.95 Å². The maximum absolute atomic E-state index is 11.2. The van der Waals surface area contributed by atoms with Crippen LogP contribution in [0.15, 0.2) is 12.5 Å². The number of ether oxygens (including phenoxy) is 1. The number of carboxylic acids is 1. The summed E-state index contributed by atoms with van der Waals surface area (Å²) in [6.07, 6.45) is 3.33. The molecule has 2 fully saturated rings. The van der Waals surface area contributed by atoms with E-state index >= 15 is 0 Å². The molecule has 5 rings (SSSR count). The molecule has 176 valence electrons. The second-order valence-electron chi connectivity index (χ2n) is 8.26. The van der Waals surface area contributed by atoms with Gasteiger partial charge < -0.3 is 30.5 Å². The summed E-state index contributed by atoms with van der Waals surface area (Å²) in [4.78, 5) is 24.6. The molecule has 1 saturated carbocycles. The third-order valence-corrected chi connectivity index (χ3v) is 6.06. The van der Waals surface area contributed by atoms with Gasteiger partial charge in [0, 0.05) is 6.04 Å². The van der Waals surface area contributed by atoms with E-state index in [1.54, 1.807) is 0 Å². The number of carbonyl (C=O) groups is 1. The third-order valence-electron chi connectivity index (χ3n) is 6.06. The molecular formula is C19H24N8O6. The Hall–Kier alpha value is -3.20. The topological polar surface area (TPSA) is 194 Å². The van der Waals surface area contributed by atoms with Gasteiger partial charge in [0.1, 0.15) is 18.3 Å². The van der Waals surface area contributed by atoms with Crippen LogP contribution in [0.4, 0.5) is 5.82 Å². The molecule has 14 nitrogen and oxygen atoms in total. The first-order valence-electron chi connectivity index (χ1n) is 10.8. The van der Waals surface area contributed by atoms with Gasteiger partial charge in [-0.05, 0) is 12.8 Å². The zero-order valence-corrected chi connectivity index (χ0v) is 17.5. The van der Waals surface area contributed by atoms with Gasteiger partial charge in [-0.15, -0.1) is 5.10 Å². The van der Waals surface area contributed by atoms with Gasteiger partial charge in [0.2, 0.25) is 0 Å². The molecule has 5 N–H and O–H groups in total. The zero-order chi connectivity index (χ0) is 23.1. The van der Waals surface area contributed by atoms with Gasteiger partial charge in [-0.1, -0.05) is 24.5 Å². The Morgan fingerprint density at radius 1 is 1.18 bits per heavy atom. The summed E-state index contributed by atoms with van der Waals surface area (Å²) in [5.74, 6) is -0.756. The van der Waals surface area contributed by atoms with Crippen molar-refractivity contribution in [3.05, 3.63) is 18.2 Å². The van der Waals surface area contributed by atoms with Gasteiger partial charge in [0.05, 0.1) is 19.1 Å². The molecule has 1 unspecified atom stereocenters. The maximum atomic E-state index is 11.2. The average Bonchev–Trinajstić information content (AvgIpc) is 3.53. The number of aromatic carboxylic acids is 1. The number of fused-ring (bicyclic) bond motifs is 1. The van der Waals surface area contributed by atoms with Gasteiger partial charge in [-0.25, -0.2) is 9.78 Å². The predicted octanol–water partition coefficient (Wildman–Crippen LogP) is -0.539. The minimum atomic E-state index is -1.32. The quantitative estimate of drug-likeness (QED) is 0.316. The molecule has 3 aromatic heterocycles. The number of aliphatic hydroxyl groups is 3. The number of nitrogens with one attached hydrogen (secondary N) is 1. The third kappa shape index (κ3) is 3.90. The van der Waals surface area contributed by atoms with E-state index in [1.807, 2.05) is 0 Å². The molecule has 1 saturated heterocycles. The lowest BCUT2D eigenvalue weighted by Crippen LogP contribution is -2.33. The summed E-state index contributed by atoms with van der Waals surface area (Å²) in [6, 6.07) is 0.189. The summed E-state index contributed by atoms with van der Waals surface area (Å²) >= 11 is 0. The summed E-state index contributed by atoms with van der Waals surface area (Å²) in [7, 11) is 0. The van der Waals surface area contributed by atoms with E-state index < -0.39 is 37.1 Å². The molecule has 0 radical (unpaired) electrons. The average molecular weight is 460 g/mol. The van der Waals surface area contributed by atoms with Crippen LogP contribution in [0.1, 0.15) is 48.8 Å². The van der Waals surface area contributed by atoms with Crippen molar-refractivity contribution in [2.45, 2.75) is 62.7 Å². The van der Waals surface area contributed by atoms with Crippen LogP contribution in [-0.4, -0.2) is 91.9 Å². The predicted molar refractivity (Wildman–Crippen MR) is 111 cm³/mol. The fourth-order valence-corrected chi connectivity index (χ4v) is 4.30. The minimum absolute atomic E-state index is 0.0503. The molecule has 14 heteroatoms. The number of rotatable bonds is 6. The minimum Gasteiger partial charge on any atom is -0.476 e. The molecule has 4 heterocycles. The van der Waals surface area contributed by atoms with E-state index in [1.165, 1.54) is 23.5 Å². The standard InChI is InChI=1S/C19H24N8O6/c28-7-11-13(29)14(30)17(33-11)26-8-20-12-15(21-9-4-2-1-3-5-9)22-19(23-16(12)26)27-6-10(18(31)32)24-25-27/h6,8-9,11,13-14,17,28-30H,1-5,7H2,(H,31,32)(H,21,22,23)/t11-,13-,14-,17?/m1/s1. The van der Waals surface area contributed by atoms with E-state index in [-0.39, 0.29) is 23.3 Å². The van der Waals surface area contributed by atoms with Gasteiger partial charge in [-0.3, -0.25) is 4.57 Å². The Balaban J connectivity index is 1.59. The Kier molecular flexibility index (Phi) is 5.65. The fourth-order valence-electron chi connectivity index (χ4n) is 4.30. The van der Waals surface area contributed by atoms with Crippen LogP contribution in [-0.2, 0) is 4.74 Å². The van der Waals surface area contributed by atoms with Crippen molar-refractivity contribution in [3.8, 4) is 5.95 Å². The van der Waals surface area contributed by atoms with Crippen LogP contribution in [0.25, 0.3) is 17.1 Å². The SMILES string of the molecule is O=C(O)c1cn(-c2nc(NC3CCCCC3)c3ncn(C4O[C@H](CO)[C@@H](O)[C@H]4O)c3n2)nn1. The van der Waals surface area contributed by atoms with Crippen molar-refractivity contribution in [1.29, 1.82) is 0 Å². The maximum Gasteiger partial charge on any atom is 0.358 e. The van der Waals surface area contributed by atoms with Crippen LogP contribution < -0.4 is 5.32 Å². The first-order valence-corrected chi connectivity index (χ1v) is 10.8. The van der Waals surface area contributed by atoms with E-state index in [9.17, 15) is 25.2 Å². The molecule has 3 aromatic rings. The summed E-state index contributed by atoms with van der Waals surface area (Å²) in [5, 5.41) is 50.1.